The number of halogens is 1. The SMILES string of the molecule is CC(C)(C)OC(=O)C(Cc1ccc(-c2nc3ccc(C4(c5ccccc5)C=C4)nc3s2)c(F)c1)C(=O)O. The van der Waals surface area contributed by atoms with E-state index in [1.807, 2.05) is 30.3 Å². The Morgan fingerprint density at radius 3 is 2.41 bits per heavy atom. The third-order valence-corrected chi connectivity index (χ3v) is 7.12. The standard InChI is InChI=1S/C29H25FN2O4S/c1-28(2,3)36-27(35)20(26(33)34)15-17-9-10-19(21(30)16-17)24-31-22-11-12-23(32-25(22)37-24)29(13-14-29)18-7-5-4-6-8-18/h4-14,16,20H,15H2,1-3H3,(H,33,34). The molecule has 1 aliphatic carbocycles. The summed E-state index contributed by atoms with van der Waals surface area (Å²) in [6.07, 6.45) is 4.04. The molecule has 0 aliphatic heterocycles. The van der Waals surface area contributed by atoms with Gasteiger partial charge in [0.05, 0.1) is 11.1 Å². The highest BCUT2D eigenvalue weighted by Gasteiger charge is 2.39. The molecular formula is C29H25FN2O4S. The number of allylic oxidation sites excluding steroid dienone is 2. The van der Waals surface area contributed by atoms with E-state index >= 15 is 4.39 Å². The van der Waals surface area contributed by atoms with Gasteiger partial charge >= 0.3 is 11.9 Å². The maximum atomic E-state index is 15.2. The molecule has 188 valence electrons. The van der Waals surface area contributed by atoms with Crippen LogP contribution in [-0.4, -0.2) is 32.6 Å². The molecule has 0 spiro atoms. The van der Waals surface area contributed by atoms with Crippen LogP contribution in [0.15, 0.2) is 72.8 Å². The van der Waals surface area contributed by atoms with Crippen LogP contribution in [0.2, 0.25) is 0 Å². The molecule has 8 heteroatoms. The molecule has 0 saturated carbocycles. The zero-order valence-corrected chi connectivity index (χ0v) is 21.4. The van der Waals surface area contributed by atoms with E-state index in [9.17, 15) is 14.7 Å². The van der Waals surface area contributed by atoms with Gasteiger partial charge in [-0.15, -0.1) is 0 Å². The number of hydrogen-bond donors (Lipinski definition) is 1. The Hall–Kier alpha value is -3.91. The third kappa shape index (κ3) is 5.02. The largest absolute Gasteiger partial charge is 0.481 e. The van der Waals surface area contributed by atoms with E-state index in [1.54, 1.807) is 32.9 Å². The highest BCUT2D eigenvalue weighted by Crippen LogP contribution is 2.45. The first-order chi connectivity index (χ1) is 17.6. The van der Waals surface area contributed by atoms with Crippen LogP contribution in [0.4, 0.5) is 4.39 Å². The first kappa shape index (κ1) is 24.8. The second kappa shape index (κ2) is 9.19. The third-order valence-electron chi connectivity index (χ3n) is 6.12. The van der Waals surface area contributed by atoms with Crippen molar-refractivity contribution in [2.45, 2.75) is 38.2 Å². The van der Waals surface area contributed by atoms with E-state index in [0.29, 0.717) is 26.5 Å². The molecule has 0 bridgehead atoms. The second-order valence-electron chi connectivity index (χ2n) is 10.1. The Morgan fingerprint density at radius 1 is 1.05 bits per heavy atom. The maximum absolute atomic E-state index is 15.2. The lowest BCUT2D eigenvalue weighted by atomic mass is 9.89. The van der Waals surface area contributed by atoms with Gasteiger partial charge in [-0.2, -0.15) is 0 Å². The van der Waals surface area contributed by atoms with Crippen molar-refractivity contribution in [3.05, 3.63) is 95.5 Å². The molecule has 1 unspecified atom stereocenters. The van der Waals surface area contributed by atoms with Crippen LogP contribution in [0.1, 0.15) is 37.6 Å². The molecule has 4 aromatic rings. The molecule has 6 nitrogen and oxygen atoms in total. The number of nitrogens with zero attached hydrogens (tertiary/aromatic N) is 2. The molecule has 1 N–H and O–H groups in total. The number of aliphatic carboxylic acids is 1. The topological polar surface area (TPSA) is 89.4 Å². The first-order valence-corrected chi connectivity index (χ1v) is 12.7. The number of aromatic nitrogens is 2. The Kier molecular flexibility index (Phi) is 6.15. The van der Waals surface area contributed by atoms with Gasteiger partial charge in [-0.1, -0.05) is 59.9 Å². The number of benzene rings is 2. The molecule has 0 radical (unpaired) electrons. The van der Waals surface area contributed by atoms with Gasteiger partial charge in [-0.25, -0.2) is 14.4 Å². The minimum atomic E-state index is -1.43. The molecule has 2 aromatic carbocycles. The first-order valence-electron chi connectivity index (χ1n) is 11.8. The van der Waals surface area contributed by atoms with Gasteiger partial charge in [-0.3, -0.25) is 9.59 Å². The van der Waals surface area contributed by atoms with Crippen molar-refractivity contribution in [1.82, 2.24) is 9.97 Å². The average molecular weight is 517 g/mol. The number of hydrogen-bond acceptors (Lipinski definition) is 6. The summed E-state index contributed by atoms with van der Waals surface area (Å²) in [4.78, 5) is 34.2. The van der Waals surface area contributed by atoms with Gasteiger partial charge in [0.2, 0.25) is 0 Å². The fourth-order valence-electron chi connectivity index (χ4n) is 4.21. The molecule has 0 fully saturated rings. The highest BCUT2D eigenvalue weighted by atomic mass is 32.1. The Bertz CT molecular complexity index is 1530. The van der Waals surface area contributed by atoms with Crippen molar-refractivity contribution in [3.8, 4) is 10.6 Å². The Labute approximate surface area is 217 Å². The zero-order valence-electron chi connectivity index (χ0n) is 20.6. The molecule has 1 atom stereocenters. The second-order valence-corrected chi connectivity index (χ2v) is 11.0. The fourth-order valence-corrected chi connectivity index (χ4v) is 5.18. The van der Waals surface area contributed by atoms with Gasteiger partial charge in [0.25, 0.3) is 0 Å². The lowest BCUT2D eigenvalue weighted by molar-refractivity contribution is -0.166. The zero-order chi connectivity index (χ0) is 26.4. The summed E-state index contributed by atoms with van der Waals surface area (Å²) in [5.41, 5.74) is 2.23. The van der Waals surface area contributed by atoms with E-state index in [2.05, 4.69) is 29.3 Å². The number of rotatable bonds is 7. The molecule has 2 aromatic heterocycles. The Morgan fingerprint density at radius 2 is 1.78 bits per heavy atom. The van der Waals surface area contributed by atoms with Crippen LogP contribution >= 0.6 is 11.3 Å². The van der Waals surface area contributed by atoms with Crippen molar-refractivity contribution in [2.24, 2.45) is 5.92 Å². The van der Waals surface area contributed by atoms with Crippen molar-refractivity contribution < 1.29 is 23.8 Å². The maximum Gasteiger partial charge on any atom is 0.321 e. The number of fused-ring (bicyclic) bond motifs is 1. The summed E-state index contributed by atoms with van der Waals surface area (Å²) in [6.45, 7) is 4.99. The predicted octanol–water partition coefficient (Wildman–Crippen LogP) is 5.94. The Balaban J connectivity index is 1.40. The quantitative estimate of drug-likeness (QED) is 0.186. The smallest absolute Gasteiger partial charge is 0.321 e. The van der Waals surface area contributed by atoms with Gasteiger partial charge < -0.3 is 9.84 Å². The van der Waals surface area contributed by atoms with E-state index in [1.165, 1.54) is 17.4 Å². The number of thiazole rings is 1. The van der Waals surface area contributed by atoms with Gasteiger partial charge in [0, 0.05) is 5.56 Å². The highest BCUT2D eigenvalue weighted by molar-refractivity contribution is 7.21. The van der Waals surface area contributed by atoms with E-state index in [-0.39, 0.29) is 11.8 Å². The number of carbonyl (C=O) groups is 2. The molecule has 0 amide bonds. The molecule has 2 heterocycles. The fraction of sp³-hybridized carbons (Fsp3) is 0.241. The molecular weight excluding hydrogens is 491 g/mol. The summed E-state index contributed by atoms with van der Waals surface area (Å²) < 4.78 is 20.4. The monoisotopic (exact) mass is 516 g/mol. The number of esters is 1. The number of carboxylic acid groups (broad SMARTS) is 1. The van der Waals surface area contributed by atoms with E-state index in [4.69, 9.17) is 9.72 Å². The van der Waals surface area contributed by atoms with Gasteiger partial charge in [-0.05, 0) is 62.6 Å². The number of ether oxygens (including phenoxy) is 1. The minimum absolute atomic E-state index is 0.180. The van der Waals surface area contributed by atoms with Crippen molar-refractivity contribution >= 4 is 33.6 Å². The summed E-state index contributed by atoms with van der Waals surface area (Å²) in [7, 11) is 0. The summed E-state index contributed by atoms with van der Waals surface area (Å²) in [5, 5.41) is 10.0. The van der Waals surface area contributed by atoms with Crippen molar-refractivity contribution in [1.29, 1.82) is 0 Å². The van der Waals surface area contributed by atoms with Crippen LogP contribution < -0.4 is 0 Å². The van der Waals surface area contributed by atoms with Crippen LogP contribution in [0, 0.1) is 11.7 Å². The molecule has 37 heavy (non-hydrogen) atoms. The number of pyridine rings is 1. The number of carboxylic acids is 1. The summed E-state index contributed by atoms with van der Waals surface area (Å²) in [6, 6.07) is 18.4. The van der Waals surface area contributed by atoms with Crippen LogP contribution in [0.3, 0.4) is 0 Å². The summed E-state index contributed by atoms with van der Waals surface area (Å²) >= 11 is 1.30. The molecule has 5 rings (SSSR count). The lowest BCUT2D eigenvalue weighted by Crippen LogP contribution is -2.34. The number of carbonyl (C=O) groups excluding carboxylic acids is 1. The van der Waals surface area contributed by atoms with Crippen molar-refractivity contribution in [2.75, 3.05) is 0 Å². The van der Waals surface area contributed by atoms with Gasteiger partial charge in [0.15, 0.2) is 5.92 Å². The van der Waals surface area contributed by atoms with Crippen LogP contribution in [-0.2, 0) is 26.2 Å². The lowest BCUT2D eigenvalue weighted by Gasteiger charge is -2.22. The van der Waals surface area contributed by atoms with Crippen molar-refractivity contribution in [3.63, 3.8) is 0 Å². The molecule has 0 saturated heterocycles. The molecule has 1 aliphatic rings. The van der Waals surface area contributed by atoms with Crippen LogP contribution in [0.25, 0.3) is 20.9 Å². The summed E-state index contributed by atoms with van der Waals surface area (Å²) in [5.74, 6) is -4.14. The van der Waals surface area contributed by atoms with E-state index in [0.717, 1.165) is 11.3 Å². The van der Waals surface area contributed by atoms with Crippen LogP contribution in [0.5, 0.6) is 0 Å². The van der Waals surface area contributed by atoms with E-state index < -0.39 is 29.3 Å². The average Bonchev–Trinajstić information content (AvgIpc) is 3.54. The van der Waals surface area contributed by atoms with Gasteiger partial charge in [0.1, 0.15) is 26.8 Å². The normalized spacial score (nSPS) is 14.9. The minimum Gasteiger partial charge on any atom is -0.481 e. The predicted molar refractivity (Wildman–Crippen MR) is 140 cm³/mol.